The number of anilines is 1. The number of hydrogen-bond acceptors (Lipinski definition) is 4. The van der Waals surface area contributed by atoms with Crippen LogP contribution < -0.4 is 4.90 Å². The second-order valence-electron chi connectivity index (χ2n) is 4.93. The van der Waals surface area contributed by atoms with E-state index in [0.717, 1.165) is 30.8 Å². The smallest absolute Gasteiger partial charge is 0.219 e. The summed E-state index contributed by atoms with van der Waals surface area (Å²) in [7, 11) is 1.86. The SMILES string of the molecule is CC(=O)N(C)C1CCN(c2nccn3nccc23)C1. The third-order valence-electron chi connectivity index (χ3n) is 3.81. The van der Waals surface area contributed by atoms with Gasteiger partial charge in [-0.15, -0.1) is 0 Å². The molecule has 0 radical (unpaired) electrons. The lowest BCUT2D eigenvalue weighted by Crippen LogP contribution is -2.37. The largest absolute Gasteiger partial charge is 0.353 e. The quantitative estimate of drug-likeness (QED) is 0.800. The Hall–Kier alpha value is -2.11. The minimum absolute atomic E-state index is 0.113. The lowest BCUT2D eigenvalue weighted by molar-refractivity contribution is -0.129. The summed E-state index contributed by atoms with van der Waals surface area (Å²) in [6, 6.07) is 2.23. The number of carbonyl (C=O) groups excluding carboxylic acids is 1. The lowest BCUT2D eigenvalue weighted by Gasteiger charge is -2.24. The third-order valence-corrected chi connectivity index (χ3v) is 3.81. The van der Waals surface area contributed by atoms with Crippen LogP contribution in [0.2, 0.25) is 0 Å². The van der Waals surface area contributed by atoms with E-state index in [1.165, 1.54) is 0 Å². The molecule has 1 atom stereocenters. The average Bonchev–Trinajstić information content (AvgIpc) is 3.06. The molecular weight excluding hydrogens is 242 g/mol. The van der Waals surface area contributed by atoms with E-state index in [2.05, 4.69) is 15.0 Å². The molecule has 1 aliphatic heterocycles. The second kappa shape index (κ2) is 4.53. The van der Waals surface area contributed by atoms with E-state index in [0.29, 0.717) is 0 Å². The number of aromatic nitrogens is 3. The van der Waals surface area contributed by atoms with E-state index in [4.69, 9.17) is 0 Å². The van der Waals surface area contributed by atoms with Gasteiger partial charge in [0.05, 0.1) is 12.2 Å². The molecular formula is C13H17N5O. The first-order valence-electron chi connectivity index (χ1n) is 6.43. The van der Waals surface area contributed by atoms with E-state index >= 15 is 0 Å². The zero-order valence-electron chi connectivity index (χ0n) is 11.2. The van der Waals surface area contributed by atoms with E-state index in [-0.39, 0.29) is 11.9 Å². The third kappa shape index (κ3) is 2.03. The summed E-state index contributed by atoms with van der Waals surface area (Å²) in [5, 5.41) is 4.22. The zero-order chi connectivity index (χ0) is 13.4. The summed E-state index contributed by atoms with van der Waals surface area (Å²) >= 11 is 0. The van der Waals surface area contributed by atoms with Crippen LogP contribution >= 0.6 is 0 Å². The van der Waals surface area contributed by atoms with Crippen molar-refractivity contribution in [3.8, 4) is 0 Å². The van der Waals surface area contributed by atoms with Gasteiger partial charge in [-0.1, -0.05) is 0 Å². The highest BCUT2D eigenvalue weighted by atomic mass is 16.2. The van der Waals surface area contributed by atoms with Crippen molar-refractivity contribution < 1.29 is 4.79 Å². The van der Waals surface area contributed by atoms with Gasteiger partial charge in [0.15, 0.2) is 5.82 Å². The number of carbonyl (C=O) groups is 1. The van der Waals surface area contributed by atoms with Crippen LogP contribution in [0.1, 0.15) is 13.3 Å². The van der Waals surface area contributed by atoms with Gasteiger partial charge in [-0.3, -0.25) is 4.79 Å². The van der Waals surface area contributed by atoms with Gasteiger partial charge in [0.1, 0.15) is 5.52 Å². The number of amides is 1. The van der Waals surface area contributed by atoms with Gasteiger partial charge in [0, 0.05) is 39.5 Å². The first kappa shape index (κ1) is 12.0. The molecule has 3 heterocycles. The Bertz CT molecular complexity index is 608. The maximum Gasteiger partial charge on any atom is 0.219 e. The predicted octanol–water partition coefficient (Wildman–Crippen LogP) is 0.786. The van der Waals surface area contributed by atoms with Crippen molar-refractivity contribution in [2.75, 3.05) is 25.0 Å². The molecule has 6 heteroatoms. The molecule has 2 aromatic rings. The lowest BCUT2D eigenvalue weighted by atomic mass is 10.2. The molecule has 100 valence electrons. The van der Waals surface area contributed by atoms with E-state index in [1.807, 2.05) is 28.7 Å². The minimum Gasteiger partial charge on any atom is -0.353 e. The van der Waals surface area contributed by atoms with Gasteiger partial charge >= 0.3 is 0 Å². The summed E-state index contributed by atoms with van der Waals surface area (Å²) in [5.41, 5.74) is 1.01. The van der Waals surface area contributed by atoms with Crippen LogP contribution in [0.4, 0.5) is 5.82 Å². The number of rotatable bonds is 2. The highest BCUT2D eigenvalue weighted by Gasteiger charge is 2.28. The molecule has 0 aromatic carbocycles. The van der Waals surface area contributed by atoms with E-state index in [9.17, 15) is 4.79 Å². The molecule has 3 rings (SSSR count). The van der Waals surface area contributed by atoms with E-state index in [1.54, 1.807) is 19.3 Å². The molecule has 1 saturated heterocycles. The van der Waals surface area contributed by atoms with Crippen LogP contribution in [0.25, 0.3) is 5.52 Å². The number of nitrogens with zero attached hydrogens (tertiary/aromatic N) is 5. The molecule has 1 amide bonds. The first-order chi connectivity index (χ1) is 9.16. The Labute approximate surface area is 111 Å². The number of fused-ring (bicyclic) bond motifs is 1. The standard InChI is InChI=1S/C13H17N5O/c1-10(19)16(2)11-4-7-17(9-11)13-12-3-5-15-18(12)8-6-14-13/h3,5-6,8,11H,4,7,9H2,1-2H3. The van der Waals surface area contributed by atoms with Crippen LogP contribution in [0.5, 0.6) is 0 Å². The Balaban J connectivity index is 1.85. The summed E-state index contributed by atoms with van der Waals surface area (Å²) in [6.07, 6.45) is 6.36. The highest BCUT2D eigenvalue weighted by Crippen LogP contribution is 2.24. The molecule has 6 nitrogen and oxygen atoms in total. The van der Waals surface area contributed by atoms with E-state index < -0.39 is 0 Å². The number of hydrogen-bond donors (Lipinski definition) is 0. The Morgan fingerprint density at radius 1 is 1.47 bits per heavy atom. The highest BCUT2D eigenvalue weighted by molar-refractivity contribution is 5.74. The molecule has 2 aromatic heterocycles. The Morgan fingerprint density at radius 3 is 3.11 bits per heavy atom. The molecule has 0 saturated carbocycles. The predicted molar refractivity (Wildman–Crippen MR) is 72.0 cm³/mol. The summed E-state index contributed by atoms with van der Waals surface area (Å²) < 4.78 is 1.82. The van der Waals surface area contributed by atoms with Crippen LogP contribution in [-0.2, 0) is 4.79 Å². The Kier molecular flexibility index (Phi) is 2.85. The molecule has 0 spiro atoms. The number of likely N-dealkylation sites (N-methyl/N-ethyl adjacent to an activating group) is 1. The summed E-state index contributed by atoms with van der Waals surface area (Å²) in [4.78, 5) is 19.9. The van der Waals surface area contributed by atoms with Crippen LogP contribution in [-0.4, -0.2) is 51.6 Å². The maximum absolute atomic E-state index is 11.4. The molecule has 1 fully saturated rings. The van der Waals surface area contributed by atoms with Gasteiger partial charge in [0.2, 0.25) is 5.91 Å². The van der Waals surface area contributed by atoms with Crippen molar-refractivity contribution >= 4 is 17.2 Å². The normalized spacial score (nSPS) is 19.1. The molecule has 0 bridgehead atoms. The molecule has 1 unspecified atom stereocenters. The van der Waals surface area contributed by atoms with Gasteiger partial charge in [-0.25, -0.2) is 9.50 Å². The van der Waals surface area contributed by atoms with Gasteiger partial charge in [0.25, 0.3) is 0 Å². The maximum atomic E-state index is 11.4. The molecule has 1 aliphatic rings. The minimum atomic E-state index is 0.113. The van der Waals surface area contributed by atoms with Crippen LogP contribution in [0.15, 0.2) is 24.7 Å². The van der Waals surface area contributed by atoms with Gasteiger partial charge in [-0.2, -0.15) is 5.10 Å². The topological polar surface area (TPSA) is 53.7 Å². The van der Waals surface area contributed by atoms with Gasteiger partial charge < -0.3 is 9.80 Å². The van der Waals surface area contributed by atoms with Crippen molar-refractivity contribution in [1.29, 1.82) is 0 Å². The average molecular weight is 259 g/mol. The fourth-order valence-corrected chi connectivity index (χ4v) is 2.59. The molecule has 19 heavy (non-hydrogen) atoms. The monoisotopic (exact) mass is 259 g/mol. The van der Waals surface area contributed by atoms with Crippen molar-refractivity contribution in [2.45, 2.75) is 19.4 Å². The summed E-state index contributed by atoms with van der Waals surface area (Å²) in [5.74, 6) is 1.06. The summed E-state index contributed by atoms with van der Waals surface area (Å²) in [6.45, 7) is 3.35. The van der Waals surface area contributed by atoms with Crippen LogP contribution in [0.3, 0.4) is 0 Å². The second-order valence-corrected chi connectivity index (χ2v) is 4.93. The van der Waals surface area contributed by atoms with Gasteiger partial charge in [-0.05, 0) is 12.5 Å². The fourth-order valence-electron chi connectivity index (χ4n) is 2.59. The van der Waals surface area contributed by atoms with Crippen molar-refractivity contribution in [1.82, 2.24) is 19.5 Å². The van der Waals surface area contributed by atoms with Crippen LogP contribution in [0, 0.1) is 0 Å². The first-order valence-corrected chi connectivity index (χ1v) is 6.43. The molecule has 0 N–H and O–H groups in total. The fraction of sp³-hybridized carbons (Fsp3) is 0.462. The van der Waals surface area contributed by atoms with Crippen molar-refractivity contribution in [2.24, 2.45) is 0 Å². The van der Waals surface area contributed by atoms with Crippen molar-refractivity contribution in [3.63, 3.8) is 0 Å². The van der Waals surface area contributed by atoms with Crippen molar-refractivity contribution in [3.05, 3.63) is 24.7 Å². The molecule has 0 aliphatic carbocycles. The Morgan fingerprint density at radius 2 is 2.32 bits per heavy atom. The zero-order valence-corrected chi connectivity index (χ0v) is 11.2.